The number of hydrogen-bond acceptors (Lipinski definition) is 4. The minimum Gasteiger partial charge on any atom is -0.481 e. The van der Waals surface area contributed by atoms with Crippen molar-refractivity contribution in [1.82, 2.24) is 4.98 Å². The SMILES string of the molecule is O=C(O)Cc1ccccc1NS(=O)(=O)c1cccnc1Cl. The zero-order valence-corrected chi connectivity index (χ0v) is 12.2. The molecule has 0 radical (unpaired) electrons. The molecule has 2 N–H and O–H groups in total. The number of carbonyl (C=O) groups is 1. The highest BCUT2D eigenvalue weighted by atomic mass is 35.5. The van der Waals surface area contributed by atoms with Crippen LogP contribution in [0.15, 0.2) is 47.5 Å². The summed E-state index contributed by atoms with van der Waals surface area (Å²) >= 11 is 5.77. The van der Waals surface area contributed by atoms with E-state index in [9.17, 15) is 13.2 Å². The Morgan fingerprint density at radius 1 is 1.24 bits per heavy atom. The number of benzene rings is 1. The van der Waals surface area contributed by atoms with Gasteiger partial charge in [0.25, 0.3) is 10.0 Å². The van der Waals surface area contributed by atoms with Gasteiger partial charge in [-0.1, -0.05) is 29.8 Å². The van der Waals surface area contributed by atoms with E-state index in [2.05, 4.69) is 9.71 Å². The number of nitrogens with one attached hydrogen (secondary N) is 1. The number of hydrogen-bond donors (Lipinski definition) is 2. The molecule has 0 unspecified atom stereocenters. The molecule has 8 heteroatoms. The smallest absolute Gasteiger partial charge is 0.307 e. The highest BCUT2D eigenvalue weighted by molar-refractivity contribution is 7.92. The van der Waals surface area contributed by atoms with Crippen LogP contribution in [0.3, 0.4) is 0 Å². The Bertz CT molecular complexity index is 777. The first-order chi connectivity index (χ1) is 9.90. The molecule has 2 aromatic rings. The quantitative estimate of drug-likeness (QED) is 0.821. The second-order valence-corrected chi connectivity index (χ2v) is 6.13. The zero-order chi connectivity index (χ0) is 15.5. The summed E-state index contributed by atoms with van der Waals surface area (Å²) in [5.74, 6) is -1.05. The molecule has 1 heterocycles. The van der Waals surface area contributed by atoms with E-state index in [4.69, 9.17) is 16.7 Å². The molecule has 2 rings (SSSR count). The Morgan fingerprint density at radius 3 is 2.62 bits per heavy atom. The minimum atomic E-state index is -3.94. The number of aromatic nitrogens is 1. The van der Waals surface area contributed by atoms with Crippen LogP contribution in [0.4, 0.5) is 5.69 Å². The van der Waals surface area contributed by atoms with E-state index >= 15 is 0 Å². The Kier molecular flexibility index (Phi) is 4.44. The molecule has 1 aromatic carbocycles. The lowest BCUT2D eigenvalue weighted by atomic mass is 10.1. The third-order valence-electron chi connectivity index (χ3n) is 2.62. The van der Waals surface area contributed by atoms with E-state index in [1.165, 1.54) is 30.5 Å². The number of carboxylic acids is 1. The van der Waals surface area contributed by atoms with E-state index < -0.39 is 16.0 Å². The van der Waals surface area contributed by atoms with Crippen molar-refractivity contribution in [3.63, 3.8) is 0 Å². The van der Waals surface area contributed by atoms with Gasteiger partial charge < -0.3 is 5.11 Å². The van der Waals surface area contributed by atoms with E-state index in [1.54, 1.807) is 12.1 Å². The Hall–Kier alpha value is -2.12. The van der Waals surface area contributed by atoms with Gasteiger partial charge in [0.05, 0.1) is 12.1 Å². The van der Waals surface area contributed by atoms with Gasteiger partial charge >= 0.3 is 5.97 Å². The van der Waals surface area contributed by atoms with Gasteiger partial charge in [-0.3, -0.25) is 9.52 Å². The van der Waals surface area contributed by atoms with Gasteiger partial charge in [-0.25, -0.2) is 13.4 Å². The van der Waals surface area contributed by atoms with Crippen molar-refractivity contribution in [2.75, 3.05) is 4.72 Å². The van der Waals surface area contributed by atoms with Crippen molar-refractivity contribution in [1.29, 1.82) is 0 Å². The van der Waals surface area contributed by atoms with E-state index in [0.29, 0.717) is 5.56 Å². The summed E-state index contributed by atoms with van der Waals surface area (Å²) in [5, 5.41) is 8.69. The average molecular weight is 327 g/mol. The van der Waals surface area contributed by atoms with Crippen LogP contribution in [0, 0.1) is 0 Å². The maximum atomic E-state index is 12.3. The van der Waals surface area contributed by atoms with Gasteiger partial charge in [-0.05, 0) is 23.8 Å². The van der Waals surface area contributed by atoms with Crippen LogP contribution in [-0.4, -0.2) is 24.5 Å². The number of nitrogens with zero attached hydrogens (tertiary/aromatic N) is 1. The van der Waals surface area contributed by atoms with Crippen LogP contribution < -0.4 is 4.72 Å². The summed E-state index contributed by atoms with van der Waals surface area (Å²) in [6.45, 7) is 0. The van der Waals surface area contributed by atoms with Crippen molar-refractivity contribution in [2.24, 2.45) is 0 Å². The van der Waals surface area contributed by atoms with Crippen LogP contribution in [-0.2, 0) is 21.2 Å². The predicted octanol–water partition coefficient (Wildman–Crippen LogP) is 2.16. The molecule has 0 bridgehead atoms. The topological polar surface area (TPSA) is 96.4 Å². The summed E-state index contributed by atoms with van der Waals surface area (Å²) in [7, 11) is -3.94. The second kappa shape index (κ2) is 6.11. The summed E-state index contributed by atoms with van der Waals surface area (Å²) in [4.78, 5) is 14.3. The Morgan fingerprint density at radius 2 is 1.95 bits per heavy atom. The average Bonchev–Trinajstić information content (AvgIpc) is 2.40. The number of halogens is 1. The molecule has 6 nitrogen and oxygen atoms in total. The number of carboxylic acid groups (broad SMARTS) is 1. The summed E-state index contributed by atoms with van der Waals surface area (Å²) in [6.07, 6.45) is 1.08. The van der Waals surface area contributed by atoms with Crippen molar-refractivity contribution in [2.45, 2.75) is 11.3 Å². The fourth-order valence-electron chi connectivity index (χ4n) is 1.71. The predicted molar refractivity (Wildman–Crippen MR) is 77.8 cm³/mol. The minimum absolute atomic E-state index is 0.152. The maximum absolute atomic E-state index is 12.3. The first-order valence-electron chi connectivity index (χ1n) is 5.83. The molecule has 0 amide bonds. The number of sulfonamides is 1. The molecule has 0 aliphatic heterocycles. The molecule has 0 fully saturated rings. The zero-order valence-electron chi connectivity index (χ0n) is 10.7. The molecule has 0 aliphatic carbocycles. The molecule has 110 valence electrons. The molecular formula is C13H11ClN2O4S. The summed E-state index contributed by atoms with van der Waals surface area (Å²) < 4.78 is 26.9. The molecule has 0 saturated heterocycles. The van der Waals surface area contributed by atoms with Crippen molar-refractivity contribution in [3.8, 4) is 0 Å². The lowest BCUT2D eigenvalue weighted by Crippen LogP contribution is -2.16. The van der Waals surface area contributed by atoms with E-state index in [0.717, 1.165) is 0 Å². The van der Waals surface area contributed by atoms with E-state index in [-0.39, 0.29) is 22.2 Å². The highest BCUT2D eigenvalue weighted by Crippen LogP contribution is 2.23. The molecule has 0 aliphatic rings. The van der Waals surface area contributed by atoms with Gasteiger partial charge in [0, 0.05) is 6.20 Å². The molecule has 21 heavy (non-hydrogen) atoms. The molecular weight excluding hydrogens is 316 g/mol. The van der Waals surface area contributed by atoms with Crippen LogP contribution in [0.1, 0.15) is 5.56 Å². The van der Waals surface area contributed by atoms with Crippen molar-refractivity contribution < 1.29 is 18.3 Å². The van der Waals surface area contributed by atoms with Gasteiger partial charge in [0.15, 0.2) is 0 Å². The number of aliphatic carboxylic acids is 1. The summed E-state index contributed by atoms with van der Waals surface area (Å²) in [6, 6.07) is 9.03. The van der Waals surface area contributed by atoms with Gasteiger partial charge in [0.2, 0.25) is 0 Å². The third kappa shape index (κ3) is 3.71. The maximum Gasteiger partial charge on any atom is 0.307 e. The number of rotatable bonds is 5. The second-order valence-electron chi connectivity index (χ2n) is 4.13. The summed E-state index contributed by atoms with van der Waals surface area (Å²) in [5.41, 5.74) is 0.549. The number of anilines is 1. The largest absolute Gasteiger partial charge is 0.481 e. The Labute approximate surface area is 126 Å². The monoisotopic (exact) mass is 326 g/mol. The molecule has 1 aromatic heterocycles. The van der Waals surface area contributed by atoms with Gasteiger partial charge in [0.1, 0.15) is 10.0 Å². The first-order valence-corrected chi connectivity index (χ1v) is 7.69. The number of pyridine rings is 1. The fourth-order valence-corrected chi connectivity index (χ4v) is 3.26. The highest BCUT2D eigenvalue weighted by Gasteiger charge is 2.20. The molecule has 0 spiro atoms. The van der Waals surface area contributed by atoms with Crippen molar-refractivity contribution in [3.05, 3.63) is 53.3 Å². The number of para-hydroxylation sites is 1. The normalized spacial score (nSPS) is 11.1. The fraction of sp³-hybridized carbons (Fsp3) is 0.0769. The van der Waals surface area contributed by atoms with Crippen LogP contribution in [0.2, 0.25) is 5.15 Å². The van der Waals surface area contributed by atoms with Gasteiger partial charge in [-0.15, -0.1) is 0 Å². The molecule has 0 atom stereocenters. The van der Waals surface area contributed by atoms with Crippen LogP contribution in [0.5, 0.6) is 0 Å². The first kappa shape index (κ1) is 15.3. The van der Waals surface area contributed by atoms with Crippen molar-refractivity contribution >= 4 is 33.3 Å². The Balaban J connectivity index is 2.38. The van der Waals surface area contributed by atoms with Crippen LogP contribution >= 0.6 is 11.6 Å². The van der Waals surface area contributed by atoms with E-state index in [1.807, 2.05) is 0 Å². The lowest BCUT2D eigenvalue weighted by Gasteiger charge is -2.12. The lowest BCUT2D eigenvalue weighted by molar-refractivity contribution is -0.136. The third-order valence-corrected chi connectivity index (χ3v) is 4.43. The standard InChI is InChI=1S/C13H11ClN2O4S/c14-13-11(6-3-7-15-13)21(19,20)16-10-5-2-1-4-9(10)8-12(17)18/h1-7,16H,8H2,(H,17,18). The van der Waals surface area contributed by atoms with Crippen LogP contribution in [0.25, 0.3) is 0 Å². The molecule has 0 saturated carbocycles. The van der Waals surface area contributed by atoms with Gasteiger partial charge in [-0.2, -0.15) is 0 Å².